The van der Waals surface area contributed by atoms with Crippen molar-refractivity contribution in [2.75, 3.05) is 25.8 Å². The fraction of sp³-hybridized carbons (Fsp3) is 0.150. The first-order valence-corrected chi connectivity index (χ1v) is 9.44. The summed E-state index contributed by atoms with van der Waals surface area (Å²) in [6.07, 6.45) is 1.58. The minimum Gasteiger partial charge on any atom is -0.496 e. The van der Waals surface area contributed by atoms with Crippen molar-refractivity contribution in [2.45, 2.75) is 0 Å². The van der Waals surface area contributed by atoms with Gasteiger partial charge < -0.3 is 19.5 Å². The van der Waals surface area contributed by atoms with E-state index in [0.717, 1.165) is 16.7 Å². The second-order valence-corrected chi connectivity index (χ2v) is 7.12. The van der Waals surface area contributed by atoms with E-state index in [0.29, 0.717) is 28.5 Å². The number of carbonyl (C=O) groups excluding carboxylic acids is 3. The van der Waals surface area contributed by atoms with Crippen LogP contribution in [0.4, 0.5) is 10.5 Å². The molecule has 0 aliphatic carbocycles. The van der Waals surface area contributed by atoms with E-state index in [4.69, 9.17) is 14.2 Å². The van der Waals surface area contributed by atoms with Gasteiger partial charge in [0.1, 0.15) is 12.3 Å². The molecule has 0 spiro atoms. The highest BCUT2D eigenvalue weighted by Gasteiger charge is 2.36. The van der Waals surface area contributed by atoms with Gasteiger partial charge >= 0.3 is 0 Å². The number of ether oxygens (including phenoxy) is 3. The largest absolute Gasteiger partial charge is 0.496 e. The molecule has 9 heteroatoms. The number of amides is 3. The molecule has 148 valence electrons. The molecule has 0 unspecified atom stereocenters. The third kappa shape index (κ3) is 3.90. The van der Waals surface area contributed by atoms with Gasteiger partial charge in [-0.2, -0.15) is 0 Å². The average molecular weight is 412 g/mol. The maximum atomic E-state index is 12.6. The molecule has 2 aliphatic rings. The zero-order valence-corrected chi connectivity index (χ0v) is 16.2. The molecule has 3 amide bonds. The quantitative estimate of drug-likeness (QED) is 0.754. The van der Waals surface area contributed by atoms with Crippen molar-refractivity contribution in [2.24, 2.45) is 0 Å². The first kappa shape index (κ1) is 18.9. The van der Waals surface area contributed by atoms with Crippen LogP contribution in [0.2, 0.25) is 0 Å². The van der Waals surface area contributed by atoms with Crippen LogP contribution in [0.15, 0.2) is 47.4 Å². The van der Waals surface area contributed by atoms with E-state index < -0.39 is 17.1 Å². The number of rotatable bonds is 5. The lowest BCUT2D eigenvalue weighted by Crippen LogP contribution is -2.36. The van der Waals surface area contributed by atoms with Crippen LogP contribution in [0.5, 0.6) is 17.2 Å². The Labute approximate surface area is 170 Å². The summed E-state index contributed by atoms with van der Waals surface area (Å²) in [5.74, 6) is 0.681. The Balaban J connectivity index is 1.45. The molecule has 4 rings (SSSR count). The van der Waals surface area contributed by atoms with Gasteiger partial charge in [-0.25, -0.2) is 0 Å². The highest BCUT2D eigenvalue weighted by molar-refractivity contribution is 8.18. The van der Waals surface area contributed by atoms with Crippen molar-refractivity contribution in [1.29, 1.82) is 0 Å². The van der Waals surface area contributed by atoms with Crippen molar-refractivity contribution in [3.63, 3.8) is 0 Å². The van der Waals surface area contributed by atoms with Crippen LogP contribution in [0.1, 0.15) is 5.56 Å². The molecule has 2 heterocycles. The number of nitrogens with zero attached hydrogens (tertiary/aromatic N) is 1. The average Bonchev–Trinajstić information content (AvgIpc) is 3.28. The van der Waals surface area contributed by atoms with Crippen molar-refractivity contribution < 1.29 is 28.6 Å². The first-order valence-electron chi connectivity index (χ1n) is 8.63. The van der Waals surface area contributed by atoms with Gasteiger partial charge in [-0.05, 0) is 36.0 Å². The van der Waals surface area contributed by atoms with Gasteiger partial charge in [0.2, 0.25) is 12.7 Å². The molecule has 8 nitrogen and oxygen atoms in total. The Morgan fingerprint density at radius 2 is 2.00 bits per heavy atom. The van der Waals surface area contributed by atoms with Crippen LogP contribution < -0.4 is 19.5 Å². The predicted molar refractivity (Wildman–Crippen MR) is 107 cm³/mol. The maximum Gasteiger partial charge on any atom is 0.294 e. The van der Waals surface area contributed by atoms with E-state index in [1.807, 2.05) is 6.07 Å². The van der Waals surface area contributed by atoms with Gasteiger partial charge in [-0.15, -0.1) is 0 Å². The number of hydrogen-bond donors (Lipinski definition) is 1. The second kappa shape index (κ2) is 7.88. The van der Waals surface area contributed by atoms with Crippen LogP contribution in [-0.2, 0) is 9.59 Å². The fourth-order valence-electron chi connectivity index (χ4n) is 2.88. The zero-order valence-electron chi connectivity index (χ0n) is 15.3. The molecular weight excluding hydrogens is 396 g/mol. The standard InChI is InChI=1S/C20H16N2O6S/c1-26-14-5-3-2-4-12(14)8-17-19(24)22(20(25)29-17)10-18(23)21-13-6-7-15-16(9-13)28-11-27-15/h2-9H,10-11H2,1H3,(H,21,23)/b17-8-. The summed E-state index contributed by atoms with van der Waals surface area (Å²) in [4.78, 5) is 38.4. The summed E-state index contributed by atoms with van der Waals surface area (Å²) in [5, 5.41) is 2.15. The molecule has 2 aromatic rings. The van der Waals surface area contributed by atoms with Gasteiger partial charge in [0.25, 0.3) is 11.1 Å². The third-order valence-electron chi connectivity index (χ3n) is 4.26. The Kier molecular flexibility index (Phi) is 5.13. The van der Waals surface area contributed by atoms with E-state index in [-0.39, 0.29) is 18.2 Å². The molecule has 1 N–H and O–H groups in total. The summed E-state index contributed by atoms with van der Waals surface area (Å²) in [5.41, 5.74) is 1.15. The molecule has 0 saturated carbocycles. The summed E-state index contributed by atoms with van der Waals surface area (Å²) in [6.45, 7) is -0.260. The lowest BCUT2D eigenvalue weighted by Gasteiger charge is -2.12. The number of imide groups is 1. The van der Waals surface area contributed by atoms with Crippen LogP contribution >= 0.6 is 11.8 Å². The number of fused-ring (bicyclic) bond motifs is 1. The molecule has 0 atom stereocenters. The highest BCUT2D eigenvalue weighted by atomic mass is 32.2. The topological polar surface area (TPSA) is 94.2 Å². The van der Waals surface area contributed by atoms with Crippen LogP contribution in [0.3, 0.4) is 0 Å². The Morgan fingerprint density at radius 1 is 1.21 bits per heavy atom. The number of carbonyl (C=O) groups is 3. The van der Waals surface area contributed by atoms with E-state index in [1.54, 1.807) is 42.5 Å². The van der Waals surface area contributed by atoms with Gasteiger partial charge in [-0.1, -0.05) is 18.2 Å². The second-order valence-electron chi connectivity index (χ2n) is 6.13. The first-order chi connectivity index (χ1) is 14.0. The molecule has 1 fully saturated rings. The minimum absolute atomic E-state index is 0.127. The van der Waals surface area contributed by atoms with Crippen molar-refractivity contribution in [1.82, 2.24) is 4.90 Å². The van der Waals surface area contributed by atoms with Crippen molar-refractivity contribution in [3.05, 3.63) is 52.9 Å². The summed E-state index contributed by atoms with van der Waals surface area (Å²) in [6, 6.07) is 12.1. The van der Waals surface area contributed by atoms with E-state index in [2.05, 4.69) is 5.32 Å². The smallest absolute Gasteiger partial charge is 0.294 e. The molecule has 0 aromatic heterocycles. The maximum absolute atomic E-state index is 12.6. The highest BCUT2D eigenvalue weighted by Crippen LogP contribution is 2.35. The Hall–Kier alpha value is -3.46. The molecule has 0 radical (unpaired) electrons. The van der Waals surface area contributed by atoms with E-state index in [1.165, 1.54) is 7.11 Å². The molecule has 0 bridgehead atoms. The number of thioether (sulfide) groups is 1. The SMILES string of the molecule is COc1ccccc1/C=C1\SC(=O)N(CC(=O)Nc2ccc3c(c2)OCO3)C1=O. The van der Waals surface area contributed by atoms with Crippen molar-refractivity contribution >= 4 is 40.6 Å². The Morgan fingerprint density at radius 3 is 2.83 bits per heavy atom. The van der Waals surface area contributed by atoms with Crippen LogP contribution in [0.25, 0.3) is 6.08 Å². The van der Waals surface area contributed by atoms with E-state index in [9.17, 15) is 14.4 Å². The number of nitrogens with one attached hydrogen (secondary N) is 1. The predicted octanol–water partition coefficient (Wildman–Crippen LogP) is 3.10. The fourth-order valence-corrected chi connectivity index (χ4v) is 3.71. The molecule has 29 heavy (non-hydrogen) atoms. The molecule has 2 aromatic carbocycles. The lowest BCUT2D eigenvalue weighted by molar-refractivity contribution is -0.127. The van der Waals surface area contributed by atoms with Gasteiger partial charge in [0.15, 0.2) is 11.5 Å². The van der Waals surface area contributed by atoms with Crippen LogP contribution in [0, 0.1) is 0 Å². The van der Waals surface area contributed by atoms with E-state index >= 15 is 0 Å². The molecular formula is C20H16N2O6S. The van der Waals surface area contributed by atoms with Gasteiger partial charge in [-0.3, -0.25) is 19.3 Å². The van der Waals surface area contributed by atoms with Crippen LogP contribution in [-0.4, -0.2) is 42.4 Å². The summed E-state index contributed by atoms with van der Waals surface area (Å²) < 4.78 is 15.7. The zero-order chi connectivity index (χ0) is 20.4. The lowest BCUT2D eigenvalue weighted by atomic mass is 10.2. The normalized spacial score (nSPS) is 16.4. The van der Waals surface area contributed by atoms with Gasteiger partial charge in [0, 0.05) is 17.3 Å². The van der Waals surface area contributed by atoms with Gasteiger partial charge in [0.05, 0.1) is 12.0 Å². The molecule has 2 aliphatic heterocycles. The third-order valence-corrected chi connectivity index (χ3v) is 5.16. The number of hydrogen-bond acceptors (Lipinski definition) is 7. The number of anilines is 1. The van der Waals surface area contributed by atoms with Crippen molar-refractivity contribution in [3.8, 4) is 17.2 Å². The molecule has 1 saturated heterocycles. The monoisotopic (exact) mass is 412 g/mol. The summed E-state index contributed by atoms with van der Waals surface area (Å²) >= 11 is 0.787. The number of para-hydroxylation sites is 1. The summed E-state index contributed by atoms with van der Waals surface area (Å²) in [7, 11) is 1.53. The number of benzene rings is 2. The Bertz CT molecular complexity index is 1040. The minimum atomic E-state index is -0.522. The number of methoxy groups -OCH3 is 1.